The van der Waals surface area contributed by atoms with Crippen molar-refractivity contribution in [1.29, 1.82) is 0 Å². The molecule has 0 radical (unpaired) electrons. The molecule has 5 nitrogen and oxygen atoms in total. The van der Waals surface area contributed by atoms with E-state index < -0.39 is 47.7 Å². The summed E-state index contributed by atoms with van der Waals surface area (Å²) >= 11 is 0. The first-order valence-corrected chi connectivity index (χ1v) is 6.87. The summed E-state index contributed by atoms with van der Waals surface area (Å²) < 4.78 is 56.1. The largest absolute Gasteiger partial charge is 0.480 e. The summed E-state index contributed by atoms with van der Waals surface area (Å²) in [6.07, 6.45) is -6.26. The Hall–Kier alpha value is -2.32. The Morgan fingerprint density at radius 3 is 2.25 bits per heavy atom. The molecule has 1 aromatic rings. The van der Waals surface area contributed by atoms with Crippen LogP contribution in [0.3, 0.4) is 0 Å². The number of nitrogens with one attached hydrogen (secondary N) is 1. The summed E-state index contributed by atoms with van der Waals surface area (Å²) in [7, 11) is 0. The molecule has 1 atom stereocenters. The van der Waals surface area contributed by atoms with Crippen molar-refractivity contribution >= 4 is 12.1 Å². The Morgan fingerprint density at radius 1 is 1.25 bits per heavy atom. The number of alkyl carbamates (subject to hydrolysis) is 1. The maximum Gasteiger partial charge on any atom is 0.416 e. The van der Waals surface area contributed by atoms with E-state index >= 15 is 0 Å². The lowest BCUT2D eigenvalue weighted by Gasteiger charge is -2.22. The van der Waals surface area contributed by atoms with Crippen LogP contribution in [-0.4, -0.2) is 28.8 Å². The van der Waals surface area contributed by atoms with Gasteiger partial charge in [0, 0.05) is 6.42 Å². The number of amides is 1. The fourth-order valence-corrected chi connectivity index (χ4v) is 1.76. The Bertz CT molecular complexity index is 623. The molecule has 24 heavy (non-hydrogen) atoms. The minimum absolute atomic E-state index is 0.272. The molecule has 1 rings (SSSR count). The first kappa shape index (κ1) is 19.7. The van der Waals surface area contributed by atoms with Crippen molar-refractivity contribution in [2.24, 2.45) is 0 Å². The normalized spacial score (nSPS) is 13.3. The van der Waals surface area contributed by atoms with Gasteiger partial charge in [0.05, 0.1) is 5.56 Å². The van der Waals surface area contributed by atoms with Crippen LogP contribution in [0.4, 0.5) is 22.4 Å². The molecule has 0 aliphatic carbocycles. The average Bonchev–Trinajstić information content (AvgIpc) is 2.36. The number of carbonyl (C=O) groups excluding carboxylic acids is 1. The molecular weight excluding hydrogens is 334 g/mol. The molecule has 0 aliphatic rings. The third kappa shape index (κ3) is 6.05. The fourth-order valence-electron chi connectivity index (χ4n) is 1.76. The van der Waals surface area contributed by atoms with Gasteiger partial charge in [0.1, 0.15) is 17.5 Å². The average molecular weight is 351 g/mol. The van der Waals surface area contributed by atoms with E-state index in [1.165, 1.54) is 0 Å². The predicted octanol–water partition coefficient (Wildman–Crippen LogP) is 3.36. The van der Waals surface area contributed by atoms with Gasteiger partial charge in [0.25, 0.3) is 0 Å². The third-order valence-electron chi connectivity index (χ3n) is 2.79. The molecule has 0 heterocycles. The molecule has 0 aliphatic heterocycles. The van der Waals surface area contributed by atoms with Gasteiger partial charge in [-0.05, 0) is 38.5 Å². The highest BCUT2D eigenvalue weighted by atomic mass is 19.4. The van der Waals surface area contributed by atoms with Crippen LogP contribution in [0.5, 0.6) is 0 Å². The molecule has 0 saturated carbocycles. The van der Waals surface area contributed by atoms with Crippen molar-refractivity contribution in [3.8, 4) is 0 Å². The van der Waals surface area contributed by atoms with Crippen LogP contribution in [0.25, 0.3) is 0 Å². The molecule has 1 amide bonds. The minimum Gasteiger partial charge on any atom is -0.480 e. The van der Waals surface area contributed by atoms with Crippen molar-refractivity contribution in [3.05, 3.63) is 35.1 Å². The van der Waals surface area contributed by atoms with E-state index in [1.807, 2.05) is 5.32 Å². The van der Waals surface area contributed by atoms with Crippen LogP contribution in [0.1, 0.15) is 31.9 Å². The minimum atomic E-state index is -4.71. The number of hydrogen-bond acceptors (Lipinski definition) is 3. The molecule has 2 N–H and O–H groups in total. The second kappa shape index (κ2) is 7.06. The number of halogens is 4. The van der Waals surface area contributed by atoms with E-state index in [-0.39, 0.29) is 11.6 Å². The number of aliphatic carboxylic acids is 1. The molecule has 0 saturated heterocycles. The van der Waals surface area contributed by atoms with Crippen molar-refractivity contribution in [2.75, 3.05) is 0 Å². The van der Waals surface area contributed by atoms with Crippen molar-refractivity contribution < 1.29 is 37.0 Å². The molecular formula is C15H17F4NO4. The van der Waals surface area contributed by atoms with Gasteiger partial charge in [-0.15, -0.1) is 0 Å². The third-order valence-corrected chi connectivity index (χ3v) is 2.79. The quantitative estimate of drug-likeness (QED) is 0.816. The van der Waals surface area contributed by atoms with E-state index in [0.717, 1.165) is 6.07 Å². The number of benzene rings is 1. The summed E-state index contributed by atoms with van der Waals surface area (Å²) in [5, 5.41) is 11.1. The molecule has 0 aromatic heterocycles. The van der Waals surface area contributed by atoms with Gasteiger partial charge in [-0.25, -0.2) is 14.0 Å². The highest BCUT2D eigenvalue weighted by Gasteiger charge is 2.32. The molecule has 0 spiro atoms. The fraction of sp³-hybridized carbons (Fsp3) is 0.467. The zero-order chi connectivity index (χ0) is 18.7. The van der Waals surface area contributed by atoms with Crippen molar-refractivity contribution in [3.63, 3.8) is 0 Å². The molecule has 134 valence electrons. The molecule has 9 heteroatoms. The van der Waals surface area contributed by atoms with Gasteiger partial charge in [-0.2, -0.15) is 13.2 Å². The first-order chi connectivity index (χ1) is 10.8. The molecule has 0 bridgehead atoms. The highest BCUT2D eigenvalue weighted by molar-refractivity contribution is 5.80. The van der Waals surface area contributed by atoms with Crippen LogP contribution < -0.4 is 5.32 Å². The zero-order valence-electron chi connectivity index (χ0n) is 13.2. The lowest BCUT2D eigenvalue weighted by Crippen LogP contribution is -2.44. The van der Waals surface area contributed by atoms with E-state index in [0.29, 0.717) is 6.07 Å². The maximum absolute atomic E-state index is 13.8. The maximum atomic E-state index is 13.8. The number of hydrogen-bond donors (Lipinski definition) is 2. The van der Waals surface area contributed by atoms with Crippen molar-refractivity contribution in [2.45, 2.75) is 45.0 Å². The number of rotatable bonds is 4. The van der Waals surface area contributed by atoms with Gasteiger partial charge >= 0.3 is 18.2 Å². The molecule has 1 unspecified atom stereocenters. The lowest BCUT2D eigenvalue weighted by molar-refractivity contribution is -0.140. The van der Waals surface area contributed by atoms with Gasteiger partial charge in [0.2, 0.25) is 0 Å². The Labute approximate surface area is 135 Å². The summed E-state index contributed by atoms with van der Waals surface area (Å²) in [6.45, 7) is 4.70. The summed E-state index contributed by atoms with van der Waals surface area (Å²) in [4.78, 5) is 22.8. The summed E-state index contributed by atoms with van der Waals surface area (Å²) in [5.41, 5.74) is -2.32. The van der Waals surface area contributed by atoms with Gasteiger partial charge in [-0.1, -0.05) is 6.07 Å². The van der Waals surface area contributed by atoms with E-state index in [2.05, 4.69) is 0 Å². The SMILES string of the molecule is CC(C)(C)OC(=O)NC(Cc1ccc(C(F)(F)F)cc1F)C(=O)O. The van der Waals surface area contributed by atoms with Gasteiger partial charge in [0.15, 0.2) is 0 Å². The zero-order valence-corrected chi connectivity index (χ0v) is 13.2. The van der Waals surface area contributed by atoms with Gasteiger partial charge < -0.3 is 15.2 Å². The standard InChI is InChI=1S/C15H17F4NO4/c1-14(2,3)24-13(23)20-11(12(21)22)6-8-4-5-9(7-10(8)16)15(17,18)19/h4-5,7,11H,6H2,1-3H3,(H,20,23)(H,21,22). The Balaban J connectivity index is 2.90. The van der Waals surface area contributed by atoms with Crippen LogP contribution in [-0.2, 0) is 22.1 Å². The van der Waals surface area contributed by atoms with E-state index in [4.69, 9.17) is 9.84 Å². The van der Waals surface area contributed by atoms with E-state index in [9.17, 15) is 27.2 Å². The number of carboxylic acid groups (broad SMARTS) is 1. The van der Waals surface area contributed by atoms with Crippen LogP contribution >= 0.6 is 0 Å². The van der Waals surface area contributed by atoms with Crippen LogP contribution in [0, 0.1) is 5.82 Å². The number of carboxylic acids is 1. The monoisotopic (exact) mass is 351 g/mol. The number of carbonyl (C=O) groups is 2. The number of alkyl halides is 3. The van der Waals surface area contributed by atoms with Crippen molar-refractivity contribution in [1.82, 2.24) is 5.32 Å². The second-order valence-corrected chi connectivity index (χ2v) is 6.05. The summed E-state index contributed by atoms with van der Waals surface area (Å²) in [5.74, 6) is -2.68. The lowest BCUT2D eigenvalue weighted by atomic mass is 10.0. The topological polar surface area (TPSA) is 75.6 Å². The first-order valence-electron chi connectivity index (χ1n) is 6.87. The van der Waals surface area contributed by atoms with Crippen LogP contribution in [0.15, 0.2) is 18.2 Å². The smallest absolute Gasteiger partial charge is 0.416 e. The predicted molar refractivity (Wildman–Crippen MR) is 75.9 cm³/mol. The van der Waals surface area contributed by atoms with Gasteiger partial charge in [-0.3, -0.25) is 0 Å². The number of ether oxygens (including phenoxy) is 1. The summed E-state index contributed by atoms with van der Waals surface area (Å²) in [6, 6.07) is 0.211. The Kier molecular flexibility index (Phi) is 5.80. The van der Waals surface area contributed by atoms with Crippen LogP contribution in [0.2, 0.25) is 0 Å². The Morgan fingerprint density at radius 2 is 1.83 bits per heavy atom. The molecule has 0 fully saturated rings. The van der Waals surface area contributed by atoms with E-state index in [1.54, 1.807) is 20.8 Å². The highest BCUT2D eigenvalue weighted by Crippen LogP contribution is 2.30. The second-order valence-electron chi connectivity index (χ2n) is 6.05. The molecule has 1 aromatic carbocycles.